The molecule has 4 rings (SSSR count). The summed E-state index contributed by atoms with van der Waals surface area (Å²) < 4.78 is 17.6. The van der Waals surface area contributed by atoms with Gasteiger partial charge in [-0.15, -0.1) is 0 Å². The number of hydrogen-bond donors (Lipinski definition) is 1. The van der Waals surface area contributed by atoms with Crippen molar-refractivity contribution < 1.29 is 18.7 Å². The molecule has 0 aliphatic heterocycles. The summed E-state index contributed by atoms with van der Waals surface area (Å²) >= 11 is 0. The highest BCUT2D eigenvalue weighted by atomic mass is 16.5. The molecule has 2 aromatic heterocycles. The second-order valence-electron chi connectivity index (χ2n) is 6.84. The number of nitrogens with one attached hydrogen (secondary N) is 1. The van der Waals surface area contributed by atoms with E-state index in [0.29, 0.717) is 39.7 Å². The van der Waals surface area contributed by atoms with Crippen LogP contribution in [0.1, 0.15) is 21.8 Å². The van der Waals surface area contributed by atoms with Gasteiger partial charge < -0.3 is 19.2 Å². The summed E-state index contributed by atoms with van der Waals surface area (Å²) in [5.41, 5.74) is 1.93. The van der Waals surface area contributed by atoms with Crippen LogP contribution < -0.4 is 20.3 Å². The lowest BCUT2D eigenvalue weighted by atomic mass is 10.1. The number of oxazole rings is 1. The number of ether oxygens (including phenoxy) is 2. The molecule has 8 heteroatoms. The predicted molar refractivity (Wildman–Crippen MR) is 115 cm³/mol. The molecule has 4 aromatic rings. The van der Waals surface area contributed by atoms with Crippen LogP contribution >= 0.6 is 0 Å². The summed E-state index contributed by atoms with van der Waals surface area (Å²) in [4.78, 5) is 30.3. The van der Waals surface area contributed by atoms with E-state index in [1.807, 2.05) is 6.07 Å². The zero-order chi connectivity index (χ0) is 22.0. The summed E-state index contributed by atoms with van der Waals surface area (Å²) in [6.45, 7) is 1.76. The Kier molecular flexibility index (Phi) is 5.44. The van der Waals surface area contributed by atoms with Crippen molar-refractivity contribution >= 4 is 17.0 Å². The molecule has 0 spiro atoms. The minimum absolute atomic E-state index is 0.0399. The molecule has 158 valence electrons. The topological polar surface area (TPSA) is 95.6 Å². The lowest BCUT2D eigenvalue weighted by Crippen LogP contribution is -2.33. The fourth-order valence-corrected chi connectivity index (χ4v) is 3.32. The highest BCUT2D eigenvalue weighted by Crippen LogP contribution is 2.22. The van der Waals surface area contributed by atoms with Crippen molar-refractivity contribution in [1.82, 2.24) is 14.9 Å². The molecular weight excluding hydrogens is 398 g/mol. The maximum Gasteiger partial charge on any atom is 0.268 e. The second kappa shape index (κ2) is 8.35. The van der Waals surface area contributed by atoms with E-state index in [1.165, 1.54) is 11.7 Å². The third kappa shape index (κ3) is 3.87. The first-order chi connectivity index (χ1) is 15.0. The van der Waals surface area contributed by atoms with Gasteiger partial charge in [-0.1, -0.05) is 12.1 Å². The third-order valence-corrected chi connectivity index (χ3v) is 4.91. The van der Waals surface area contributed by atoms with Crippen LogP contribution in [0.4, 0.5) is 0 Å². The normalized spacial score (nSPS) is 10.8. The van der Waals surface area contributed by atoms with Crippen LogP contribution in [0.5, 0.6) is 11.5 Å². The van der Waals surface area contributed by atoms with E-state index >= 15 is 0 Å². The Morgan fingerprint density at radius 2 is 1.94 bits per heavy atom. The number of carbonyl (C=O) groups excluding carboxylic acids is 1. The number of methoxy groups -OCH3 is 2. The SMILES string of the molecule is COc1ccc2oc(CNC(=O)c3c(C)ccn(-c4ccccc4OC)c3=O)nc2c1. The molecule has 0 bridgehead atoms. The number of nitrogens with zero attached hydrogens (tertiary/aromatic N) is 2. The average molecular weight is 419 g/mol. The number of aromatic nitrogens is 2. The molecule has 31 heavy (non-hydrogen) atoms. The summed E-state index contributed by atoms with van der Waals surface area (Å²) in [6.07, 6.45) is 1.63. The van der Waals surface area contributed by atoms with Crippen LogP contribution in [-0.2, 0) is 6.54 Å². The molecule has 0 aliphatic carbocycles. The van der Waals surface area contributed by atoms with Crippen molar-refractivity contribution in [3.05, 3.63) is 82.1 Å². The van der Waals surface area contributed by atoms with Crippen molar-refractivity contribution in [2.45, 2.75) is 13.5 Å². The number of fused-ring (bicyclic) bond motifs is 1. The molecule has 0 unspecified atom stereocenters. The first kappa shape index (κ1) is 20.2. The van der Waals surface area contributed by atoms with E-state index in [-0.39, 0.29) is 12.1 Å². The largest absolute Gasteiger partial charge is 0.497 e. The highest BCUT2D eigenvalue weighted by molar-refractivity contribution is 5.95. The van der Waals surface area contributed by atoms with Crippen LogP contribution in [-0.4, -0.2) is 29.7 Å². The smallest absolute Gasteiger partial charge is 0.268 e. The molecule has 1 amide bonds. The fourth-order valence-electron chi connectivity index (χ4n) is 3.32. The van der Waals surface area contributed by atoms with Crippen LogP contribution in [0.25, 0.3) is 16.8 Å². The van der Waals surface area contributed by atoms with Gasteiger partial charge in [0.1, 0.15) is 22.6 Å². The van der Waals surface area contributed by atoms with Gasteiger partial charge >= 0.3 is 0 Å². The van der Waals surface area contributed by atoms with Crippen LogP contribution in [0.3, 0.4) is 0 Å². The summed E-state index contributed by atoms with van der Waals surface area (Å²) in [5.74, 6) is 1.01. The number of carbonyl (C=O) groups is 1. The monoisotopic (exact) mass is 419 g/mol. The Balaban J connectivity index is 1.61. The summed E-state index contributed by atoms with van der Waals surface area (Å²) in [7, 11) is 3.10. The van der Waals surface area contributed by atoms with Gasteiger partial charge in [-0.3, -0.25) is 14.2 Å². The molecule has 0 radical (unpaired) electrons. The van der Waals surface area contributed by atoms with E-state index in [9.17, 15) is 9.59 Å². The zero-order valence-corrected chi connectivity index (χ0v) is 17.3. The number of rotatable bonds is 6. The standard InChI is InChI=1S/C23H21N3O5/c1-14-10-11-26(17-6-4-5-7-19(17)30-3)23(28)21(14)22(27)24-13-20-25-16-12-15(29-2)8-9-18(16)31-20/h4-12H,13H2,1-3H3,(H,24,27). The van der Waals surface area contributed by atoms with Crippen LogP contribution in [0.2, 0.25) is 0 Å². The molecule has 0 fully saturated rings. The van der Waals surface area contributed by atoms with Gasteiger partial charge in [-0.25, -0.2) is 4.98 Å². The minimum atomic E-state index is -0.508. The van der Waals surface area contributed by atoms with Crippen molar-refractivity contribution in [3.8, 4) is 17.2 Å². The van der Waals surface area contributed by atoms with Crippen LogP contribution in [0, 0.1) is 6.92 Å². The third-order valence-electron chi connectivity index (χ3n) is 4.91. The van der Waals surface area contributed by atoms with Crippen molar-refractivity contribution in [2.24, 2.45) is 0 Å². The molecule has 0 saturated heterocycles. The summed E-state index contributed by atoms with van der Waals surface area (Å²) in [6, 6.07) is 14.1. The van der Waals surface area contributed by atoms with E-state index in [4.69, 9.17) is 13.9 Å². The number of para-hydroxylation sites is 2. The zero-order valence-electron chi connectivity index (χ0n) is 17.3. The quantitative estimate of drug-likeness (QED) is 0.516. The van der Waals surface area contributed by atoms with Gasteiger partial charge in [-0.2, -0.15) is 0 Å². The first-order valence-electron chi connectivity index (χ1n) is 9.59. The highest BCUT2D eigenvalue weighted by Gasteiger charge is 2.18. The number of aryl methyl sites for hydroxylation is 1. The maximum atomic E-state index is 13.1. The Bertz CT molecular complexity index is 1320. The molecule has 8 nitrogen and oxygen atoms in total. The Morgan fingerprint density at radius 3 is 2.71 bits per heavy atom. The van der Waals surface area contributed by atoms with Gasteiger partial charge in [-0.05, 0) is 42.8 Å². The Labute approximate surface area is 178 Å². The van der Waals surface area contributed by atoms with Crippen molar-refractivity contribution in [3.63, 3.8) is 0 Å². The summed E-state index contributed by atoms with van der Waals surface area (Å²) in [5, 5.41) is 2.72. The van der Waals surface area contributed by atoms with Gasteiger partial charge in [0, 0.05) is 12.3 Å². The number of pyridine rings is 1. The van der Waals surface area contributed by atoms with Crippen molar-refractivity contribution in [1.29, 1.82) is 0 Å². The van der Waals surface area contributed by atoms with Crippen molar-refractivity contribution in [2.75, 3.05) is 14.2 Å². The molecule has 0 atom stereocenters. The molecule has 0 aliphatic rings. The molecule has 2 aromatic carbocycles. The Hall–Kier alpha value is -4.07. The molecule has 2 heterocycles. The van der Waals surface area contributed by atoms with Gasteiger partial charge in [0.15, 0.2) is 5.58 Å². The number of amides is 1. The van der Waals surface area contributed by atoms with E-state index in [1.54, 1.807) is 62.7 Å². The van der Waals surface area contributed by atoms with Gasteiger partial charge in [0.2, 0.25) is 5.89 Å². The number of benzene rings is 2. The van der Waals surface area contributed by atoms with Crippen LogP contribution in [0.15, 0.2) is 63.9 Å². The van der Waals surface area contributed by atoms with E-state index in [2.05, 4.69) is 10.3 Å². The number of hydrogen-bond acceptors (Lipinski definition) is 6. The first-order valence-corrected chi connectivity index (χ1v) is 9.59. The maximum absolute atomic E-state index is 13.1. The lowest BCUT2D eigenvalue weighted by molar-refractivity contribution is 0.0945. The molecule has 1 N–H and O–H groups in total. The van der Waals surface area contributed by atoms with Gasteiger partial charge in [0.25, 0.3) is 11.5 Å². The predicted octanol–water partition coefficient (Wildman–Crippen LogP) is 3.23. The van der Waals surface area contributed by atoms with Gasteiger partial charge in [0.05, 0.1) is 26.5 Å². The van der Waals surface area contributed by atoms with E-state index in [0.717, 1.165) is 0 Å². The minimum Gasteiger partial charge on any atom is -0.497 e. The molecular formula is C23H21N3O5. The molecule has 0 saturated carbocycles. The fraction of sp³-hybridized carbons (Fsp3) is 0.174. The Morgan fingerprint density at radius 1 is 1.13 bits per heavy atom. The lowest BCUT2D eigenvalue weighted by Gasteiger charge is -2.13. The second-order valence-corrected chi connectivity index (χ2v) is 6.84. The van der Waals surface area contributed by atoms with E-state index < -0.39 is 11.5 Å². The average Bonchev–Trinajstić information content (AvgIpc) is 3.20.